The van der Waals surface area contributed by atoms with E-state index < -0.39 is 11.5 Å². The van der Waals surface area contributed by atoms with Crippen LogP contribution in [0.15, 0.2) is 0 Å². The lowest BCUT2D eigenvalue weighted by molar-refractivity contribution is -0.130. The van der Waals surface area contributed by atoms with Gasteiger partial charge in [-0.05, 0) is 25.7 Å². The minimum atomic E-state index is -0.921. The van der Waals surface area contributed by atoms with E-state index in [1.165, 1.54) is 0 Å². The number of nitriles is 1. The topological polar surface area (TPSA) is 73.1 Å². The summed E-state index contributed by atoms with van der Waals surface area (Å²) < 4.78 is 0. The standard InChI is InChI=1S/C16H28N2O2/c1-3-10-16(12-17,11-4-2)15(20)18-13-8-6-5-7-9-14(13)19/h13-14,19H,3-11H2,1-2H3,(H,18,20). The van der Waals surface area contributed by atoms with Crippen molar-refractivity contribution in [1.29, 1.82) is 5.26 Å². The molecule has 0 radical (unpaired) electrons. The molecule has 1 amide bonds. The van der Waals surface area contributed by atoms with Crippen LogP contribution in [0.5, 0.6) is 0 Å². The molecule has 0 spiro atoms. The number of hydrogen-bond acceptors (Lipinski definition) is 3. The molecule has 0 bridgehead atoms. The van der Waals surface area contributed by atoms with Gasteiger partial charge in [-0.1, -0.05) is 46.0 Å². The predicted molar refractivity (Wildman–Crippen MR) is 78.9 cm³/mol. The number of aliphatic hydroxyl groups is 1. The molecule has 20 heavy (non-hydrogen) atoms. The van der Waals surface area contributed by atoms with Crippen LogP contribution in [0.2, 0.25) is 0 Å². The van der Waals surface area contributed by atoms with Crippen LogP contribution in [0.3, 0.4) is 0 Å². The van der Waals surface area contributed by atoms with E-state index in [-0.39, 0.29) is 11.9 Å². The zero-order valence-corrected chi connectivity index (χ0v) is 12.8. The first-order chi connectivity index (χ1) is 9.59. The maximum absolute atomic E-state index is 12.6. The highest BCUT2D eigenvalue weighted by Gasteiger charge is 2.38. The highest BCUT2D eigenvalue weighted by atomic mass is 16.3. The fraction of sp³-hybridized carbons (Fsp3) is 0.875. The van der Waals surface area contributed by atoms with Gasteiger partial charge in [0.2, 0.25) is 5.91 Å². The predicted octanol–water partition coefficient (Wildman–Crippen LogP) is 2.91. The van der Waals surface area contributed by atoms with Gasteiger partial charge in [0.1, 0.15) is 5.41 Å². The van der Waals surface area contributed by atoms with Gasteiger partial charge in [0, 0.05) is 0 Å². The molecule has 0 aromatic carbocycles. The molecular weight excluding hydrogens is 252 g/mol. The van der Waals surface area contributed by atoms with Crippen molar-refractivity contribution in [3.8, 4) is 6.07 Å². The third-order valence-electron chi connectivity index (χ3n) is 4.30. The van der Waals surface area contributed by atoms with Crippen LogP contribution in [0.1, 0.15) is 71.6 Å². The number of nitrogens with zero attached hydrogens (tertiary/aromatic N) is 1. The number of aliphatic hydroxyl groups excluding tert-OH is 1. The number of nitrogens with one attached hydrogen (secondary N) is 1. The van der Waals surface area contributed by atoms with Crippen LogP contribution in [-0.4, -0.2) is 23.2 Å². The highest BCUT2D eigenvalue weighted by molar-refractivity contribution is 5.85. The SMILES string of the molecule is CCCC(C#N)(CCC)C(=O)NC1CCCCCC1O. The molecule has 1 aliphatic carbocycles. The summed E-state index contributed by atoms with van der Waals surface area (Å²) in [7, 11) is 0. The van der Waals surface area contributed by atoms with Gasteiger partial charge in [-0.3, -0.25) is 4.79 Å². The maximum Gasteiger partial charge on any atom is 0.240 e. The lowest BCUT2D eigenvalue weighted by atomic mass is 9.79. The molecule has 0 aromatic rings. The van der Waals surface area contributed by atoms with Crippen LogP contribution >= 0.6 is 0 Å². The van der Waals surface area contributed by atoms with Gasteiger partial charge < -0.3 is 10.4 Å². The van der Waals surface area contributed by atoms with E-state index in [9.17, 15) is 15.2 Å². The average Bonchev–Trinajstić information content (AvgIpc) is 2.63. The molecule has 1 aliphatic rings. The van der Waals surface area contributed by atoms with Gasteiger partial charge in [0.05, 0.1) is 18.2 Å². The first kappa shape index (κ1) is 17.0. The first-order valence-electron chi connectivity index (χ1n) is 8.00. The Morgan fingerprint density at radius 2 is 1.85 bits per heavy atom. The van der Waals surface area contributed by atoms with Crippen LogP contribution in [0, 0.1) is 16.7 Å². The molecule has 4 heteroatoms. The molecule has 2 N–H and O–H groups in total. The van der Waals surface area contributed by atoms with Crippen molar-refractivity contribution < 1.29 is 9.90 Å². The van der Waals surface area contributed by atoms with Crippen molar-refractivity contribution in [2.24, 2.45) is 5.41 Å². The Bertz CT molecular complexity index is 343. The number of rotatable bonds is 6. The van der Waals surface area contributed by atoms with Gasteiger partial charge in [-0.15, -0.1) is 0 Å². The molecule has 1 fully saturated rings. The normalized spacial score (nSPS) is 23.7. The summed E-state index contributed by atoms with van der Waals surface area (Å²) in [5.74, 6) is -0.186. The second-order valence-electron chi connectivity index (χ2n) is 5.98. The molecule has 2 unspecified atom stereocenters. The van der Waals surface area contributed by atoms with E-state index in [2.05, 4.69) is 11.4 Å². The Morgan fingerprint density at radius 3 is 2.40 bits per heavy atom. The van der Waals surface area contributed by atoms with E-state index in [1.54, 1.807) is 0 Å². The Hall–Kier alpha value is -1.08. The van der Waals surface area contributed by atoms with Crippen LogP contribution < -0.4 is 5.32 Å². The molecule has 0 aromatic heterocycles. The first-order valence-corrected chi connectivity index (χ1v) is 8.00. The van der Waals surface area contributed by atoms with Gasteiger partial charge in [-0.25, -0.2) is 0 Å². The van der Waals surface area contributed by atoms with Crippen molar-refractivity contribution in [2.75, 3.05) is 0 Å². The molecule has 1 rings (SSSR count). The lowest BCUT2D eigenvalue weighted by Crippen LogP contribution is -2.49. The zero-order valence-electron chi connectivity index (χ0n) is 12.8. The van der Waals surface area contributed by atoms with Gasteiger partial charge >= 0.3 is 0 Å². The third kappa shape index (κ3) is 4.21. The minimum absolute atomic E-state index is 0.186. The summed E-state index contributed by atoms with van der Waals surface area (Å²) in [6, 6.07) is 2.06. The Balaban J connectivity index is 2.76. The number of hydrogen-bond donors (Lipinski definition) is 2. The van der Waals surface area contributed by atoms with Crippen molar-refractivity contribution in [1.82, 2.24) is 5.32 Å². The van der Waals surface area contributed by atoms with E-state index in [0.717, 1.165) is 44.9 Å². The number of amides is 1. The number of carbonyl (C=O) groups is 1. The quantitative estimate of drug-likeness (QED) is 0.735. The monoisotopic (exact) mass is 280 g/mol. The second-order valence-corrected chi connectivity index (χ2v) is 5.98. The summed E-state index contributed by atoms with van der Waals surface area (Å²) in [6.07, 6.45) is 7.04. The summed E-state index contributed by atoms with van der Waals surface area (Å²) in [6.45, 7) is 3.99. The van der Waals surface area contributed by atoms with Crippen LogP contribution in [0.25, 0.3) is 0 Å². The second kappa shape index (κ2) is 8.26. The highest BCUT2D eigenvalue weighted by Crippen LogP contribution is 2.30. The molecule has 2 atom stereocenters. The van der Waals surface area contributed by atoms with Crippen molar-refractivity contribution in [2.45, 2.75) is 83.8 Å². The number of carbonyl (C=O) groups excluding carboxylic acids is 1. The fourth-order valence-electron chi connectivity index (χ4n) is 3.13. The molecular formula is C16H28N2O2. The van der Waals surface area contributed by atoms with Crippen LogP contribution in [-0.2, 0) is 4.79 Å². The largest absolute Gasteiger partial charge is 0.391 e. The summed E-state index contributed by atoms with van der Waals surface area (Å²) in [5.41, 5.74) is -0.921. The van der Waals surface area contributed by atoms with Gasteiger partial charge in [-0.2, -0.15) is 5.26 Å². The Labute approximate surface area is 122 Å². The van der Waals surface area contributed by atoms with Crippen LogP contribution in [0.4, 0.5) is 0 Å². The minimum Gasteiger partial charge on any atom is -0.391 e. The molecule has 0 heterocycles. The summed E-state index contributed by atoms with van der Waals surface area (Å²) in [4.78, 5) is 12.6. The van der Waals surface area contributed by atoms with Crippen molar-refractivity contribution >= 4 is 5.91 Å². The summed E-state index contributed by atoms with van der Waals surface area (Å²) in [5, 5.41) is 22.5. The van der Waals surface area contributed by atoms with E-state index in [1.807, 2.05) is 13.8 Å². The van der Waals surface area contributed by atoms with Crippen molar-refractivity contribution in [3.05, 3.63) is 0 Å². The Kier molecular flexibility index (Phi) is 7.01. The smallest absolute Gasteiger partial charge is 0.240 e. The fourth-order valence-corrected chi connectivity index (χ4v) is 3.13. The van der Waals surface area contributed by atoms with E-state index in [0.29, 0.717) is 12.8 Å². The van der Waals surface area contributed by atoms with Gasteiger partial charge in [0.15, 0.2) is 0 Å². The third-order valence-corrected chi connectivity index (χ3v) is 4.30. The summed E-state index contributed by atoms with van der Waals surface area (Å²) >= 11 is 0. The molecule has 114 valence electrons. The maximum atomic E-state index is 12.6. The lowest BCUT2D eigenvalue weighted by Gasteiger charge is -2.29. The van der Waals surface area contributed by atoms with Crippen molar-refractivity contribution in [3.63, 3.8) is 0 Å². The molecule has 0 aliphatic heterocycles. The molecule has 0 saturated heterocycles. The molecule has 1 saturated carbocycles. The van der Waals surface area contributed by atoms with Gasteiger partial charge in [0.25, 0.3) is 0 Å². The average molecular weight is 280 g/mol. The Morgan fingerprint density at radius 1 is 1.25 bits per heavy atom. The van der Waals surface area contributed by atoms with E-state index >= 15 is 0 Å². The zero-order chi connectivity index (χ0) is 15.0. The van der Waals surface area contributed by atoms with E-state index in [4.69, 9.17) is 0 Å². The molecule has 4 nitrogen and oxygen atoms in total.